The molecule has 0 saturated heterocycles. The number of carbonyl (C=O) groups is 2. The van der Waals surface area contributed by atoms with Crippen LogP contribution in [-0.2, 0) is 0 Å². The predicted octanol–water partition coefficient (Wildman–Crippen LogP) is 2.12. The summed E-state index contributed by atoms with van der Waals surface area (Å²) in [4.78, 5) is 30.0. The highest BCUT2D eigenvalue weighted by Gasteiger charge is 2.12. The summed E-state index contributed by atoms with van der Waals surface area (Å²) in [7, 11) is 0. The third-order valence-electron chi connectivity index (χ3n) is 3.20. The van der Waals surface area contributed by atoms with Gasteiger partial charge in [-0.2, -0.15) is 0 Å². The Bertz CT molecular complexity index is 445. The summed E-state index contributed by atoms with van der Waals surface area (Å²) in [5.74, 6) is -1.01. The van der Waals surface area contributed by atoms with Crippen LogP contribution < -0.4 is 5.32 Å². The Labute approximate surface area is 118 Å². The molecule has 0 saturated carbocycles. The number of hydrogen-bond acceptors (Lipinski definition) is 4. The number of hydrogen-bond donors (Lipinski definition) is 2. The highest BCUT2D eigenvalue weighted by atomic mass is 16.4. The van der Waals surface area contributed by atoms with Crippen molar-refractivity contribution in [3.8, 4) is 0 Å². The lowest BCUT2D eigenvalue weighted by Crippen LogP contribution is -2.30. The van der Waals surface area contributed by atoms with Gasteiger partial charge in [-0.3, -0.25) is 4.79 Å². The zero-order valence-corrected chi connectivity index (χ0v) is 11.9. The van der Waals surface area contributed by atoms with E-state index in [0.29, 0.717) is 12.5 Å². The van der Waals surface area contributed by atoms with Gasteiger partial charge in [0, 0.05) is 6.54 Å². The van der Waals surface area contributed by atoms with Crippen LogP contribution in [0.4, 0.5) is 0 Å². The van der Waals surface area contributed by atoms with E-state index in [4.69, 9.17) is 5.11 Å². The molecule has 0 bridgehead atoms. The van der Waals surface area contributed by atoms with Crippen molar-refractivity contribution in [2.75, 3.05) is 6.54 Å². The van der Waals surface area contributed by atoms with Gasteiger partial charge in [0.05, 0.1) is 12.4 Å². The normalized spacial score (nSPS) is 11.9. The SMILES string of the molecule is CCCCC(CC)CNC(=O)c1cnc(C(=O)O)cn1. The highest BCUT2D eigenvalue weighted by molar-refractivity contribution is 5.92. The van der Waals surface area contributed by atoms with E-state index in [1.54, 1.807) is 0 Å². The molecule has 1 atom stereocenters. The molecule has 20 heavy (non-hydrogen) atoms. The average Bonchev–Trinajstić information content (AvgIpc) is 2.47. The molecule has 0 fully saturated rings. The lowest BCUT2D eigenvalue weighted by atomic mass is 9.99. The highest BCUT2D eigenvalue weighted by Crippen LogP contribution is 2.11. The quantitative estimate of drug-likeness (QED) is 0.760. The van der Waals surface area contributed by atoms with Gasteiger partial charge in [-0.1, -0.05) is 33.1 Å². The molecule has 1 amide bonds. The fourth-order valence-electron chi connectivity index (χ4n) is 1.83. The number of rotatable bonds is 8. The van der Waals surface area contributed by atoms with Crippen LogP contribution in [0.5, 0.6) is 0 Å². The van der Waals surface area contributed by atoms with Gasteiger partial charge < -0.3 is 10.4 Å². The molecule has 2 N–H and O–H groups in total. The summed E-state index contributed by atoms with van der Waals surface area (Å²) in [6.07, 6.45) is 6.69. The largest absolute Gasteiger partial charge is 0.476 e. The zero-order chi connectivity index (χ0) is 15.0. The Kier molecular flexibility index (Phi) is 6.63. The van der Waals surface area contributed by atoms with Crippen LogP contribution >= 0.6 is 0 Å². The first kappa shape index (κ1) is 16.1. The van der Waals surface area contributed by atoms with Crippen molar-refractivity contribution in [3.63, 3.8) is 0 Å². The molecule has 1 heterocycles. The molecule has 0 radical (unpaired) electrons. The number of carbonyl (C=O) groups excluding carboxylic acids is 1. The minimum absolute atomic E-state index is 0.139. The Morgan fingerprint density at radius 3 is 2.40 bits per heavy atom. The maximum Gasteiger partial charge on any atom is 0.356 e. The number of aromatic nitrogens is 2. The number of nitrogens with zero attached hydrogens (tertiary/aromatic N) is 2. The molecule has 1 aromatic rings. The van der Waals surface area contributed by atoms with E-state index in [0.717, 1.165) is 31.9 Å². The lowest BCUT2D eigenvalue weighted by molar-refractivity contribution is 0.0689. The molecule has 0 spiro atoms. The molecular formula is C14H21N3O3. The molecule has 0 aliphatic rings. The van der Waals surface area contributed by atoms with Gasteiger partial charge in [0.15, 0.2) is 5.69 Å². The van der Waals surface area contributed by atoms with Crippen molar-refractivity contribution in [3.05, 3.63) is 23.8 Å². The van der Waals surface area contributed by atoms with Crippen molar-refractivity contribution >= 4 is 11.9 Å². The molecule has 110 valence electrons. The number of aromatic carboxylic acids is 1. The van der Waals surface area contributed by atoms with E-state index in [9.17, 15) is 9.59 Å². The monoisotopic (exact) mass is 279 g/mol. The van der Waals surface area contributed by atoms with Crippen LogP contribution in [0.1, 0.15) is 60.5 Å². The molecule has 6 nitrogen and oxygen atoms in total. The molecule has 1 unspecified atom stereocenters. The number of carboxylic acid groups (broad SMARTS) is 1. The van der Waals surface area contributed by atoms with E-state index >= 15 is 0 Å². The summed E-state index contributed by atoms with van der Waals surface area (Å²) in [6, 6.07) is 0. The Morgan fingerprint density at radius 1 is 1.25 bits per heavy atom. The molecule has 0 aliphatic heterocycles. The first-order valence-corrected chi connectivity index (χ1v) is 6.92. The van der Waals surface area contributed by atoms with E-state index in [1.165, 1.54) is 6.20 Å². The molecule has 1 aromatic heterocycles. The number of carboxylic acids is 1. The number of nitrogens with one attached hydrogen (secondary N) is 1. The summed E-state index contributed by atoms with van der Waals surface area (Å²) >= 11 is 0. The first-order valence-electron chi connectivity index (χ1n) is 6.92. The first-order chi connectivity index (χ1) is 9.58. The minimum Gasteiger partial charge on any atom is -0.476 e. The summed E-state index contributed by atoms with van der Waals surface area (Å²) in [5, 5.41) is 11.5. The van der Waals surface area contributed by atoms with E-state index in [1.807, 2.05) is 0 Å². The third-order valence-corrected chi connectivity index (χ3v) is 3.20. The number of amides is 1. The molecule has 0 aliphatic carbocycles. The van der Waals surface area contributed by atoms with Gasteiger partial charge >= 0.3 is 5.97 Å². The van der Waals surface area contributed by atoms with Gasteiger partial charge in [0.2, 0.25) is 0 Å². The van der Waals surface area contributed by atoms with Crippen molar-refractivity contribution in [1.82, 2.24) is 15.3 Å². The van der Waals surface area contributed by atoms with Crippen LogP contribution in [0.3, 0.4) is 0 Å². The maximum absolute atomic E-state index is 11.9. The molecule has 1 rings (SSSR count). The van der Waals surface area contributed by atoms with Crippen LogP contribution in [0.15, 0.2) is 12.4 Å². The fourth-order valence-corrected chi connectivity index (χ4v) is 1.83. The van der Waals surface area contributed by atoms with Crippen LogP contribution in [0.2, 0.25) is 0 Å². The van der Waals surface area contributed by atoms with E-state index in [2.05, 4.69) is 29.1 Å². The Morgan fingerprint density at radius 2 is 1.90 bits per heavy atom. The van der Waals surface area contributed by atoms with Crippen molar-refractivity contribution in [2.45, 2.75) is 39.5 Å². The van der Waals surface area contributed by atoms with Crippen molar-refractivity contribution in [1.29, 1.82) is 0 Å². The van der Waals surface area contributed by atoms with Crippen LogP contribution in [-0.4, -0.2) is 33.5 Å². The van der Waals surface area contributed by atoms with Crippen molar-refractivity contribution < 1.29 is 14.7 Å². The molecular weight excluding hydrogens is 258 g/mol. The predicted molar refractivity (Wildman–Crippen MR) is 74.6 cm³/mol. The fraction of sp³-hybridized carbons (Fsp3) is 0.571. The summed E-state index contributed by atoms with van der Waals surface area (Å²) in [5.41, 5.74) is -0.0312. The third kappa shape index (κ3) is 4.95. The topological polar surface area (TPSA) is 92.2 Å². The van der Waals surface area contributed by atoms with E-state index < -0.39 is 5.97 Å². The zero-order valence-electron chi connectivity index (χ0n) is 11.9. The maximum atomic E-state index is 11.9. The van der Waals surface area contributed by atoms with Crippen LogP contribution in [0.25, 0.3) is 0 Å². The number of unbranched alkanes of at least 4 members (excludes halogenated alkanes) is 1. The van der Waals surface area contributed by atoms with Gasteiger partial charge in [-0.15, -0.1) is 0 Å². The van der Waals surface area contributed by atoms with Crippen LogP contribution in [0, 0.1) is 5.92 Å². The lowest BCUT2D eigenvalue weighted by Gasteiger charge is -2.14. The smallest absolute Gasteiger partial charge is 0.356 e. The van der Waals surface area contributed by atoms with Gasteiger partial charge in [0.25, 0.3) is 5.91 Å². The molecule has 0 aromatic carbocycles. The summed E-state index contributed by atoms with van der Waals surface area (Å²) in [6.45, 7) is 4.86. The van der Waals surface area contributed by atoms with Gasteiger partial charge in [-0.05, 0) is 12.3 Å². The minimum atomic E-state index is -1.16. The van der Waals surface area contributed by atoms with Crippen molar-refractivity contribution in [2.24, 2.45) is 5.92 Å². The van der Waals surface area contributed by atoms with E-state index in [-0.39, 0.29) is 17.3 Å². The molecule has 6 heteroatoms. The second-order valence-corrected chi connectivity index (χ2v) is 4.72. The standard InChI is InChI=1S/C14H21N3O3/c1-3-5-6-10(4-2)7-17-13(18)11-8-16-12(9-15-11)14(19)20/h8-10H,3-7H2,1-2H3,(H,17,18)(H,19,20). The van der Waals surface area contributed by atoms with Gasteiger partial charge in [-0.25, -0.2) is 14.8 Å². The second kappa shape index (κ2) is 8.24. The average molecular weight is 279 g/mol. The Balaban J connectivity index is 2.51. The second-order valence-electron chi connectivity index (χ2n) is 4.72. The van der Waals surface area contributed by atoms with Gasteiger partial charge in [0.1, 0.15) is 5.69 Å². The summed E-state index contributed by atoms with van der Waals surface area (Å²) < 4.78 is 0. The Hall–Kier alpha value is -1.98.